The molecule has 142 valence electrons. The Bertz CT molecular complexity index is 658. The van der Waals surface area contributed by atoms with E-state index in [9.17, 15) is 14.4 Å². The maximum atomic E-state index is 11.9. The van der Waals surface area contributed by atoms with Crippen LogP contribution >= 0.6 is 0 Å². The van der Waals surface area contributed by atoms with Gasteiger partial charge in [0.2, 0.25) is 5.91 Å². The lowest BCUT2D eigenvalue weighted by Crippen LogP contribution is -2.56. The van der Waals surface area contributed by atoms with E-state index < -0.39 is 12.0 Å². The third kappa shape index (κ3) is 6.03. The number of hydrogen-bond donors (Lipinski definition) is 4. The molecule has 0 spiro atoms. The molecule has 1 aromatic carbocycles. The SMILES string of the molecule is CCN(CC(=O)O)C1CC(NC(=O)CNC(=O)Nc2cccc(C)c2)C1. The standard InChI is InChI=1S/C18H26N4O4/c1-3-22(11-17(24)25)15-8-14(9-15)20-16(23)10-19-18(26)21-13-6-4-5-12(2)7-13/h4-7,14-15H,3,8-11H2,1-2H3,(H,20,23)(H,24,25)(H2,19,21,26). The lowest BCUT2D eigenvalue weighted by atomic mass is 9.85. The fourth-order valence-electron chi connectivity index (χ4n) is 3.01. The molecule has 0 aromatic heterocycles. The predicted octanol–water partition coefficient (Wildman–Crippen LogP) is 1.17. The number of urea groups is 1. The first-order chi connectivity index (χ1) is 12.4. The highest BCUT2D eigenvalue weighted by Gasteiger charge is 2.34. The minimum Gasteiger partial charge on any atom is -0.480 e. The van der Waals surface area contributed by atoms with Crippen LogP contribution in [0.5, 0.6) is 0 Å². The van der Waals surface area contributed by atoms with Crippen molar-refractivity contribution in [1.29, 1.82) is 0 Å². The molecule has 1 aliphatic carbocycles. The molecule has 8 nitrogen and oxygen atoms in total. The van der Waals surface area contributed by atoms with E-state index in [1.807, 2.05) is 36.9 Å². The Morgan fingerprint density at radius 1 is 1.27 bits per heavy atom. The molecule has 0 bridgehead atoms. The van der Waals surface area contributed by atoms with Crippen LogP contribution in [0.1, 0.15) is 25.3 Å². The molecule has 0 heterocycles. The monoisotopic (exact) mass is 362 g/mol. The largest absolute Gasteiger partial charge is 0.480 e. The van der Waals surface area contributed by atoms with Gasteiger partial charge in [0.1, 0.15) is 0 Å². The number of aliphatic carboxylic acids is 1. The highest BCUT2D eigenvalue weighted by Crippen LogP contribution is 2.25. The van der Waals surface area contributed by atoms with Gasteiger partial charge < -0.3 is 21.1 Å². The molecular formula is C18H26N4O4. The Morgan fingerprint density at radius 3 is 2.62 bits per heavy atom. The Kier molecular flexibility index (Phi) is 6.97. The molecule has 1 aromatic rings. The number of rotatable bonds is 8. The molecule has 4 N–H and O–H groups in total. The zero-order valence-corrected chi connectivity index (χ0v) is 15.1. The number of carboxylic acid groups (broad SMARTS) is 1. The highest BCUT2D eigenvalue weighted by atomic mass is 16.4. The van der Waals surface area contributed by atoms with Gasteiger partial charge in [0.25, 0.3) is 0 Å². The lowest BCUT2D eigenvalue weighted by Gasteiger charge is -2.42. The lowest BCUT2D eigenvalue weighted by molar-refractivity contribution is -0.139. The van der Waals surface area contributed by atoms with Crippen LogP contribution in [0.15, 0.2) is 24.3 Å². The summed E-state index contributed by atoms with van der Waals surface area (Å²) in [5.74, 6) is -1.10. The molecule has 26 heavy (non-hydrogen) atoms. The van der Waals surface area contributed by atoms with E-state index in [-0.39, 0.29) is 31.1 Å². The Labute approximate surface area is 152 Å². The molecule has 2 rings (SSSR count). The van der Waals surface area contributed by atoms with E-state index in [1.54, 1.807) is 6.07 Å². The molecule has 1 saturated carbocycles. The molecule has 1 fully saturated rings. The van der Waals surface area contributed by atoms with Crippen molar-refractivity contribution >= 4 is 23.6 Å². The summed E-state index contributed by atoms with van der Waals surface area (Å²) in [7, 11) is 0. The fourth-order valence-corrected chi connectivity index (χ4v) is 3.01. The molecule has 0 unspecified atom stereocenters. The number of aryl methyl sites for hydroxylation is 1. The third-order valence-electron chi connectivity index (χ3n) is 4.42. The van der Waals surface area contributed by atoms with Crippen LogP contribution < -0.4 is 16.0 Å². The summed E-state index contributed by atoms with van der Waals surface area (Å²) in [5.41, 5.74) is 1.70. The number of hydrogen-bond acceptors (Lipinski definition) is 4. The second-order valence-electron chi connectivity index (χ2n) is 6.52. The van der Waals surface area contributed by atoms with Crippen LogP contribution in [-0.2, 0) is 9.59 Å². The van der Waals surface area contributed by atoms with Gasteiger partial charge in [-0.05, 0) is 44.0 Å². The maximum Gasteiger partial charge on any atom is 0.319 e. The first kappa shape index (κ1) is 19.7. The quantitative estimate of drug-likeness (QED) is 0.555. The van der Waals surface area contributed by atoms with Crippen LogP contribution in [0.3, 0.4) is 0 Å². The van der Waals surface area contributed by atoms with Crippen molar-refractivity contribution in [2.45, 2.75) is 38.8 Å². The van der Waals surface area contributed by atoms with Gasteiger partial charge in [-0.25, -0.2) is 4.79 Å². The van der Waals surface area contributed by atoms with E-state index in [0.29, 0.717) is 12.2 Å². The average Bonchev–Trinajstić information content (AvgIpc) is 2.54. The van der Waals surface area contributed by atoms with Crippen LogP contribution in [0.25, 0.3) is 0 Å². The molecule has 0 atom stereocenters. The number of carbonyl (C=O) groups is 3. The second kappa shape index (κ2) is 9.19. The van der Waals surface area contributed by atoms with Gasteiger partial charge in [-0.3, -0.25) is 14.5 Å². The van der Waals surface area contributed by atoms with Crippen molar-refractivity contribution in [1.82, 2.24) is 15.5 Å². The Morgan fingerprint density at radius 2 is 2.00 bits per heavy atom. The molecule has 3 amide bonds. The molecular weight excluding hydrogens is 336 g/mol. The minimum absolute atomic E-state index is 0.0164. The van der Waals surface area contributed by atoms with Crippen molar-refractivity contribution in [2.75, 3.05) is 25.0 Å². The summed E-state index contributed by atoms with van der Waals surface area (Å²) < 4.78 is 0. The summed E-state index contributed by atoms with van der Waals surface area (Å²) in [6.45, 7) is 4.43. The van der Waals surface area contributed by atoms with Gasteiger partial charge in [0.05, 0.1) is 13.1 Å². The maximum absolute atomic E-state index is 11.9. The topological polar surface area (TPSA) is 111 Å². The fraction of sp³-hybridized carbons (Fsp3) is 0.500. The summed E-state index contributed by atoms with van der Waals surface area (Å²) in [5, 5.41) is 16.9. The van der Waals surface area contributed by atoms with E-state index in [1.165, 1.54) is 0 Å². The zero-order valence-electron chi connectivity index (χ0n) is 15.1. The van der Waals surface area contributed by atoms with Gasteiger partial charge in [-0.2, -0.15) is 0 Å². The van der Waals surface area contributed by atoms with Crippen LogP contribution in [0.4, 0.5) is 10.5 Å². The summed E-state index contributed by atoms with van der Waals surface area (Å²) in [6.07, 6.45) is 1.45. The number of carbonyl (C=O) groups excluding carboxylic acids is 2. The van der Waals surface area contributed by atoms with Gasteiger partial charge in [0, 0.05) is 17.8 Å². The van der Waals surface area contributed by atoms with Crippen molar-refractivity contribution in [3.05, 3.63) is 29.8 Å². The van der Waals surface area contributed by atoms with E-state index in [4.69, 9.17) is 5.11 Å². The zero-order chi connectivity index (χ0) is 19.1. The number of nitrogens with zero attached hydrogens (tertiary/aromatic N) is 1. The Hall–Kier alpha value is -2.61. The summed E-state index contributed by atoms with van der Waals surface area (Å²) in [6, 6.07) is 7.15. The molecule has 0 radical (unpaired) electrons. The van der Waals surface area contributed by atoms with E-state index in [2.05, 4.69) is 16.0 Å². The average molecular weight is 362 g/mol. The first-order valence-corrected chi connectivity index (χ1v) is 8.74. The first-order valence-electron chi connectivity index (χ1n) is 8.74. The number of amides is 3. The minimum atomic E-state index is -0.844. The van der Waals surface area contributed by atoms with E-state index >= 15 is 0 Å². The smallest absolute Gasteiger partial charge is 0.319 e. The van der Waals surface area contributed by atoms with Crippen molar-refractivity contribution in [3.8, 4) is 0 Å². The van der Waals surface area contributed by atoms with Crippen molar-refractivity contribution in [2.24, 2.45) is 0 Å². The highest BCUT2D eigenvalue weighted by molar-refractivity contribution is 5.92. The van der Waals surface area contributed by atoms with E-state index in [0.717, 1.165) is 18.4 Å². The number of likely N-dealkylation sites (N-methyl/N-ethyl adjacent to an activating group) is 1. The van der Waals surface area contributed by atoms with Crippen molar-refractivity contribution in [3.63, 3.8) is 0 Å². The summed E-state index contributed by atoms with van der Waals surface area (Å²) in [4.78, 5) is 36.4. The van der Waals surface area contributed by atoms with Gasteiger partial charge in [-0.1, -0.05) is 19.1 Å². The Balaban J connectivity index is 1.65. The number of nitrogens with one attached hydrogen (secondary N) is 3. The second-order valence-corrected chi connectivity index (χ2v) is 6.52. The number of anilines is 1. The number of carboxylic acids is 1. The van der Waals surface area contributed by atoms with Gasteiger partial charge in [-0.15, -0.1) is 0 Å². The van der Waals surface area contributed by atoms with Crippen LogP contribution in [0, 0.1) is 6.92 Å². The molecule has 0 aliphatic heterocycles. The predicted molar refractivity (Wildman–Crippen MR) is 98.0 cm³/mol. The van der Waals surface area contributed by atoms with Crippen molar-refractivity contribution < 1.29 is 19.5 Å². The summed E-state index contributed by atoms with van der Waals surface area (Å²) >= 11 is 0. The normalized spacial score (nSPS) is 18.7. The molecule has 1 aliphatic rings. The van der Waals surface area contributed by atoms with Crippen LogP contribution in [-0.4, -0.2) is 59.6 Å². The van der Waals surface area contributed by atoms with Crippen LogP contribution in [0.2, 0.25) is 0 Å². The third-order valence-corrected chi connectivity index (χ3v) is 4.42. The van der Waals surface area contributed by atoms with Gasteiger partial charge >= 0.3 is 12.0 Å². The molecule has 8 heteroatoms. The number of benzene rings is 1. The van der Waals surface area contributed by atoms with Gasteiger partial charge in [0.15, 0.2) is 0 Å². The molecule has 0 saturated heterocycles.